The summed E-state index contributed by atoms with van der Waals surface area (Å²) in [6.07, 6.45) is -0.679. The molecule has 206 valence electrons. The second kappa shape index (κ2) is 8.44. The van der Waals surface area contributed by atoms with Gasteiger partial charge in [-0.1, -0.05) is 25.5 Å². The van der Waals surface area contributed by atoms with Gasteiger partial charge in [0, 0.05) is 12.3 Å². The molecule has 0 aromatic rings. The minimum atomic E-state index is -1.77. The number of aliphatic hydroxyl groups excluding tert-OH is 4. The Morgan fingerprint density at radius 2 is 1.75 bits per heavy atom. The molecule has 36 heavy (non-hydrogen) atoms. The molecule has 5 rings (SSSR count). The highest BCUT2D eigenvalue weighted by Crippen LogP contribution is 2.70. The maximum absolute atomic E-state index is 12.2. The molecule has 0 aromatic carbocycles. The zero-order valence-corrected chi connectivity index (χ0v) is 21.8. The third-order valence-electron chi connectivity index (χ3n) is 11.4. The fourth-order valence-corrected chi connectivity index (χ4v) is 8.80. The summed E-state index contributed by atoms with van der Waals surface area (Å²) in [5, 5.41) is 77.8. The van der Waals surface area contributed by atoms with Crippen LogP contribution in [0, 0.1) is 16.7 Å². The molecule has 5 aliphatic rings. The van der Waals surface area contributed by atoms with E-state index < -0.39 is 70.4 Å². The van der Waals surface area contributed by atoms with Crippen molar-refractivity contribution in [2.24, 2.45) is 16.7 Å². The van der Waals surface area contributed by atoms with Crippen LogP contribution in [0.15, 0.2) is 11.6 Å². The lowest BCUT2D eigenvalue weighted by molar-refractivity contribution is -0.326. The van der Waals surface area contributed by atoms with Crippen molar-refractivity contribution in [3.05, 3.63) is 11.6 Å². The van der Waals surface area contributed by atoms with E-state index in [0.29, 0.717) is 19.3 Å². The maximum Gasteiger partial charge on any atom is 0.161 e. The van der Waals surface area contributed by atoms with E-state index in [9.17, 15) is 35.7 Å². The third kappa shape index (κ3) is 3.27. The van der Waals surface area contributed by atoms with Gasteiger partial charge in [0.2, 0.25) is 0 Å². The average molecular weight is 513 g/mol. The van der Waals surface area contributed by atoms with E-state index in [1.807, 2.05) is 6.08 Å². The Morgan fingerprint density at radius 3 is 2.39 bits per heavy atom. The van der Waals surface area contributed by atoms with E-state index in [4.69, 9.17) is 9.47 Å². The summed E-state index contributed by atoms with van der Waals surface area (Å²) >= 11 is 0. The van der Waals surface area contributed by atoms with Crippen LogP contribution in [0.2, 0.25) is 0 Å². The van der Waals surface area contributed by atoms with Gasteiger partial charge in [-0.3, -0.25) is 0 Å². The number of ether oxygens (including phenoxy) is 2. The lowest BCUT2D eigenvalue weighted by Crippen LogP contribution is -2.78. The zero-order valence-electron chi connectivity index (χ0n) is 21.8. The van der Waals surface area contributed by atoms with Gasteiger partial charge in [0.25, 0.3) is 0 Å². The van der Waals surface area contributed by atoms with Crippen molar-refractivity contribution >= 4 is 0 Å². The van der Waals surface area contributed by atoms with Crippen LogP contribution in [0.1, 0.15) is 79.1 Å². The largest absolute Gasteiger partial charge is 0.392 e. The number of hydrogen-bond acceptors (Lipinski definition) is 9. The molecule has 4 aliphatic carbocycles. The van der Waals surface area contributed by atoms with Crippen molar-refractivity contribution < 1.29 is 45.2 Å². The molecule has 0 aromatic heterocycles. The fourth-order valence-electron chi connectivity index (χ4n) is 8.80. The van der Waals surface area contributed by atoms with Gasteiger partial charge >= 0.3 is 0 Å². The van der Waals surface area contributed by atoms with Crippen LogP contribution in [0.4, 0.5) is 0 Å². The second-order valence-corrected chi connectivity index (χ2v) is 12.8. The normalized spacial score (nSPS) is 57.9. The van der Waals surface area contributed by atoms with Crippen molar-refractivity contribution in [3.8, 4) is 0 Å². The van der Waals surface area contributed by atoms with Crippen LogP contribution < -0.4 is 0 Å². The predicted molar refractivity (Wildman–Crippen MR) is 128 cm³/mol. The zero-order chi connectivity index (χ0) is 26.5. The van der Waals surface area contributed by atoms with Crippen LogP contribution in [0.5, 0.6) is 0 Å². The molecule has 4 fully saturated rings. The Labute approximate surface area is 212 Å². The Morgan fingerprint density at radius 1 is 1.06 bits per heavy atom. The van der Waals surface area contributed by atoms with E-state index in [1.54, 1.807) is 13.8 Å². The SMILES string of the molecule is C[C@H](O)[C@]1(O)CC[C@@]2(O)[C@]1(C)[C@H](O)CC1[C@@]3(C)CC[C@H](O[C@H]4C[C@H](O)[C@H](O)[C@@H](C)O4)CC3=CC[C@]12O. The Bertz CT molecular complexity index is 898. The van der Waals surface area contributed by atoms with Crippen LogP contribution in [-0.2, 0) is 9.47 Å². The van der Waals surface area contributed by atoms with Crippen molar-refractivity contribution in [1.82, 2.24) is 0 Å². The van der Waals surface area contributed by atoms with Gasteiger partial charge in [-0.25, -0.2) is 0 Å². The molecule has 0 radical (unpaired) electrons. The molecule has 9 heteroatoms. The Hall–Kier alpha value is -0.620. The van der Waals surface area contributed by atoms with Crippen molar-refractivity contribution in [3.63, 3.8) is 0 Å². The molecule has 1 heterocycles. The van der Waals surface area contributed by atoms with Gasteiger partial charge in [0.15, 0.2) is 6.29 Å². The van der Waals surface area contributed by atoms with Crippen LogP contribution in [0.25, 0.3) is 0 Å². The van der Waals surface area contributed by atoms with Crippen molar-refractivity contribution in [2.75, 3.05) is 0 Å². The number of fused-ring (bicyclic) bond motifs is 5. The van der Waals surface area contributed by atoms with Gasteiger partial charge in [0.05, 0.1) is 35.9 Å². The lowest BCUT2D eigenvalue weighted by Gasteiger charge is -2.67. The number of rotatable bonds is 3. The average Bonchev–Trinajstić information content (AvgIpc) is 3.04. The van der Waals surface area contributed by atoms with E-state index in [0.717, 1.165) is 5.57 Å². The highest BCUT2D eigenvalue weighted by atomic mass is 16.7. The monoisotopic (exact) mass is 512 g/mol. The number of aliphatic hydroxyl groups is 7. The van der Waals surface area contributed by atoms with Gasteiger partial charge in [-0.05, 0) is 64.2 Å². The number of hydrogen-bond donors (Lipinski definition) is 7. The minimum absolute atomic E-state index is 0.0886. The lowest BCUT2D eigenvalue weighted by atomic mass is 9.42. The molecule has 1 unspecified atom stereocenters. The Balaban J connectivity index is 1.41. The molecule has 9 nitrogen and oxygen atoms in total. The van der Waals surface area contributed by atoms with Gasteiger partial charge in [-0.2, -0.15) is 0 Å². The van der Waals surface area contributed by atoms with E-state index in [-0.39, 0.29) is 38.2 Å². The van der Waals surface area contributed by atoms with E-state index in [1.165, 1.54) is 6.92 Å². The highest BCUT2D eigenvalue weighted by molar-refractivity contribution is 5.36. The van der Waals surface area contributed by atoms with Crippen LogP contribution in [-0.4, -0.2) is 95.5 Å². The summed E-state index contributed by atoms with van der Waals surface area (Å²) in [4.78, 5) is 0. The highest BCUT2D eigenvalue weighted by Gasteiger charge is 2.80. The van der Waals surface area contributed by atoms with E-state index >= 15 is 0 Å². The third-order valence-corrected chi connectivity index (χ3v) is 11.4. The summed E-state index contributed by atoms with van der Waals surface area (Å²) < 4.78 is 12.0. The quantitative estimate of drug-likeness (QED) is 0.267. The molecular weight excluding hydrogens is 468 g/mol. The summed E-state index contributed by atoms with van der Waals surface area (Å²) in [7, 11) is 0. The molecule has 1 saturated heterocycles. The first-order valence-corrected chi connectivity index (χ1v) is 13.5. The molecule has 13 atom stereocenters. The molecule has 0 spiro atoms. The van der Waals surface area contributed by atoms with Crippen molar-refractivity contribution in [2.45, 2.75) is 139 Å². The predicted octanol–water partition coefficient (Wildman–Crippen LogP) is 0.504. The van der Waals surface area contributed by atoms with Gasteiger partial charge in [-0.15, -0.1) is 0 Å². The van der Waals surface area contributed by atoms with Gasteiger partial charge < -0.3 is 45.2 Å². The summed E-state index contributed by atoms with van der Waals surface area (Å²) in [5.74, 6) is -0.432. The maximum atomic E-state index is 12.2. The molecule has 0 bridgehead atoms. The molecule has 7 N–H and O–H groups in total. The van der Waals surface area contributed by atoms with Gasteiger partial charge in [0.1, 0.15) is 22.9 Å². The fraction of sp³-hybridized carbons (Fsp3) is 0.926. The summed E-state index contributed by atoms with van der Waals surface area (Å²) in [5.41, 5.74) is -5.90. The first-order chi connectivity index (χ1) is 16.6. The minimum Gasteiger partial charge on any atom is -0.392 e. The van der Waals surface area contributed by atoms with E-state index in [2.05, 4.69) is 6.92 Å². The molecular formula is C27H44O9. The first-order valence-electron chi connectivity index (χ1n) is 13.5. The standard InChI is InChI=1S/C27H44O9/c1-14-22(31)18(29)12-21(35-14)36-17-6-7-23(3)16(11-17)5-8-26(33)19(23)13-20(30)24(4)25(32,15(2)28)9-10-27(24,26)34/h5,14-15,17-22,28-34H,6-13H2,1-4H3/t14-,15+,17+,18+,19?,20-,21+,22-,23+,24-,25-,26+,27-/m1/s1. The topological polar surface area (TPSA) is 160 Å². The van der Waals surface area contributed by atoms with Crippen LogP contribution >= 0.6 is 0 Å². The second-order valence-electron chi connectivity index (χ2n) is 12.8. The van der Waals surface area contributed by atoms with Crippen LogP contribution in [0.3, 0.4) is 0 Å². The molecule has 0 amide bonds. The summed E-state index contributed by atoms with van der Waals surface area (Å²) in [6.45, 7) is 6.87. The molecule has 3 saturated carbocycles. The first kappa shape index (κ1) is 27.0. The van der Waals surface area contributed by atoms with Crippen molar-refractivity contribution in [1.29, 1.82) is 0 Å². The Kier molecular flexibility index (Phi) is 6.32. The summed E-state index contributed by atoms with van der Waals surface area (Å²) in [6, 6.07) is 0. The molecule has 1 aliphatic heterocycles. The smallest absolute Gasteiger partial charge is 0.161 e.